The van der Waals surface area contributed by atoms with E-state index in [4.69, 9.17) is 4.74 Å². The molecule has 0 aromatic heterocycles. The zero-order valence-electron chi connectivity index (χ0n) is 12.3. The average molecular weight is 300 g/mol. The summed E-state index contributed by atoms with van der Waals surface area (Å²) in [5, 5.41) is 3.24. The van der Waals surface area contributed by atoms with Crippen LogP contribution in [0.25, 0.3) is 0 Å². The topological polar surface area (TPSA) is 67.4 Å². The van der Waals surface area contributed by atoms with Crippen LogP contribution in [0.5, 0.6) is 0 Å². The van der Waals surface area contributed by atoms with Crippen LogP contribution in [0.15, 0.2) is 29.2 Å². The highest BCUT2D eigenvalue weighted by atomic mass is 32.2. The molecule has 0 aliphatic carbocycles. The van der Waals surface area contributed by atoms with E-state index in [1.54, 1.807) is 19.2 Å². The molecule has 1 unspecified atom stereocenters. The third kappa shape index (κ3) is 5.58. The number of rotatable bonds is 9. The standard InChI is InChI=1S/C14H24N2O3S/c1-4-15-10-9-13-5-7-14(8-6-13)20(17,18)16-11-12(2)19-3/h5-8,12,15-16H,4,9-11H2,1-3H3. The first-order valence-electron chi connectivity index (χ1n) is 6.81. The van der Waals surface area contributed by atoms with Gasteiger partial charge in [0, 0.05) is 13.7 Å². The number of likely N-dealkylation sites (N-methyl/N-ethyl adjacent to an activating group) is 1. The van der Waals surface area contributed by atoms with E-state index in [2.05, 4.69) is 17.0 Å². The minimum absolute atomic E-state index is 0.149. The highest BCUT2D eigenvalue weighted by molar-refractivity contribution is 7.89. The Labute approximate surface area is 121 Å². The van der Waals surface area contributed by atoms with Crippen molar-refractivity contribution in [2.24, 2.45) is 0 Å². The summed E-state index contributed by atoms with van der Waals surface area (Å²) in [4.78, 5) is 0.285. The van der Waals surface area contributed by atoms with Gasteiger partial charge in [-0.05, 0) is 44.1 Å². The zero-order valence-corrected chi connectivity index (χ0v) is 13.2. The first-order valence-corrected chi connectivity index (χ1v) is 8.30. The van der Waals surface area contributed by atoms with Crippen LogP contribution in [-0.2, 0) is 21.2 Å². The van der Waals surface area contributed by atoms with E-state index in [0.717, 1.165) is 25.1 Å². The second-order valence-electron chi connectivity index (χ2n) is 4.65. The lowest BCUT2D eigenvalue weighted by atomic mass is 10.1. The van der Waals surface area contributed by atoms with Gasteiger partial charge in [0.15, 0.2) is 0 Å². The Hall–Kier alpha value is -0.950. The van der Waals surface area contributed by atoms with Gasteiger partial charge >= 0.3 is 0 Å². The maximum Gasteiger partial charge on any atom is 0.240 e. The predicted molar refractivity (Wildman–Crippen MR) is 80.3 cm³/mol. The molecule has 0 aliphatic rings. The SMILES string of the molecule is CCNCCc1ccc(S(=O)(=O)NCC(C)OC)cc1. The van der Waals surface area contributed by atoms with Crippen molar-refractivity contribution >= 4 is 10.0 Å². The Balaban J connectivity index is 2.62. The summed E-state index contributed by atoms with van der Waals surface area (Å²) in [5.74, 6) is 0. The van der Waals surface area contributed by atoms with Gasteiger partial charge in [-0.1, -0.05) is 19.1 Å². The third-order valence-electron chi connectivity index (χ3n) is 3.04. The first-order chi connectivity index (χ1) is 9.49. The molecule has 0 amide bonds. The molecular formula is C14H24N2O3S. The van der Waals surface area contributed by atoms with E-state index in [1.807, 2.05) is 19.1 Å². The molecule has 0 saturated carbocycles. The summed E-state index contributed by atoms with van der Waals surface area (Å²) in [6.45, 7) is 5.97. The molecule has 20 heavy (non-hydrogen) atoms. The number of benzene rings is 1. The van der Waals surface area contributed by atoms with Crippen LogP contribution in [0.3, 0.4) is 0 Å². The normalized spacial score (nSPS) is 13.3. The molecule has 1 aromatic rings. The van der Waals surface area contributed by atoms with Gasteiger partial charge in [0.2, 0.25) is 10.0 Å². The van der Waals surface area contributed by atoms with E-state index in [-0.39, 0.29) is 17.5 Å². The number of hydrogen-bond donors (Lipinski definition) is 2. The van der Waals surface area contributed by atoms with Gasteiger partial charge in [0.1, 0.15) is 0 Å². The minimum Gasteiger partial charge on any atom is -0.380 e. The van der Waals surface area contributed by atoms with Crippen molar-refractivity contribution in [2.45, 2.75) is 31.3 Å². The summed E-state index contributed by atoms with van der Waals surface area (Å²) >= 11 is 0. The second-order valence-corrected chi connectivity index (χ2v) is 6.41. The lowest BCUT2D eigenvalue weighted by Crippen LogP contribution is -2.31. The van der Waals surface area contributed by atoms with Crippen LogP contribution >= 0.6 is 0 Å². The highest BCUT2D eigenvalue weighted by Gasteiger charge is 2.14. The number of nitrogens with one attached hydrogen (secondary N) is 2. The van der Waals surface area contributed by atoms with Gasteiger partial charge in [-0.2, -0.15) is 0 Å². The fourth-order valence-electron chi connectivity index (χ4n) is 1.64. The van der Waals surface area contributed by atoms with Crippen LogP contribution < -0.4 is 10.0 Å². The Bertz CT molecular complexity index is 486. The summed E-state index contributed by atoms with van der Waals surface area (Å²) in [7, 11) is -1.90. The van der Waals surface area contributed by atoms with Crippen LogP contribution in [0.4, 0.5) is 0 Å². The fourth-order valence-corrected chi connectivity index (χ4v) is 2.75. The molecule has 1 aromatic carbocycles. The Kier molecular flexibility index (Phi) is 7.15. The maximum atomic E-state index is 12.0. The quantitative estimate of drug-likeness (QED) is 0.671. The molecule has 0 saturated heterocycles. The smallest absolute Gasteiger partial charge is 0.240 e. The van der Waals surface area contributed by atoms with Gasteiger partial charge in [-0.25, -0.2) is 13.1 Å². The van der Waals surface area contributed by atoms with Gasteiger partial charge < -0.3 is 10.1 Å². The van der Waals surface area contributed by atoms with Crippen molar-refractivity contribution in [1.82, 2.24) is 10.0 Å². The minimum atomic E-state index is -3.45. The van der Waals surface area contributed by atoms with Gasteiger partial charge in [0.25, 0.3) is 0 Å². The third-order valence-corrected chi connectivity index (χ3v) is 4.48. The van der Waals surface area contributed by atoms with Crippen LogP contribution in [0.1, 0.15) is 19.4 Å². The van der Waals surface area contributed by atoms with E-state index in [9.17, 15) is 8.42 Å². The summed E-state index contributed by atoms with van der Waals surface area (Å²) in [6.07, 6.45) is 0.742. The van der Waals surface area contributed by atoms with Crippen molar-refractivity contribution in [3.05, 3.63) is 29.8 Å². The lowest BCUT2D eigenvalue weighted by Gasteiger charge is -2.11. The van der Waals surface area contributed by atoms with Crippen LogP contribution in [0, 0.1) is 0 Å². The molecule has 0 spiro atoms. The second kappa shape index (κ2) is 8.36. The molecule has 0 fully saturated rings. The Morgan fingerprint density at radius 3 is 2.45 bits per heavy atom. The van der Waals surface area contributed by atoms with E-state index in [0.29, 0.717) is 0 Å². The van der Waals surface area contributed by atoms with Crippen molar-refractivity contribution in [3.63, 3.8) is 0 Å². The van der Waals surface area contributed by atoms with Crippen molar-refractivity contribution in [1.29, 1.82) is 0 Å². The maximum absolute atomic E-state index is 12.0. The lowest BCUT2D eigenvalue weighted by molar-refractivity contribution is 0.122. The first kappa shape index (κ1) is 17.1. The molecule has 2 N–H and O–H groups in total. The molecule has 0 radical (unpaired) electrons. The summed E-state index contributed by atoms with van der Waals surface area (Å²) in [5.41, 5.74) is 1.12. The average Bonchev–Trinajstić information content (AvgIpc) is 2.45. The van der Waals surface area contributed by atoms with Crippen molar-refractivity contribution < 1.29 is 13.2 Å². The molecule has 0 aliphatic heterocycles. The van der Waals surface area contributed by atoms with Crippen LogP contribution in [-0.4, -0.2) is 41.3 Å². The monoisotopic (exact) mass is 300 g/mol. The molecule has 0 bridgehead atoms. The number of methoxy groups -OCH3 is 1. The highest BCUT2D eigenvalue weighted by Crippen LogP contribution is 2.11. The summed E-state index contributed by atoms with van der Waals surface area (Å²) < 4.78 is 31.6. The van der Waals surface area contributed by atoms with E-state index in [1.165, 1.54) is 0 Å². The number of ether oxygens (including phenoxy) is 1. The van der Waals surface area contributed by atoms with E-state index < -0.39 is 10.0 Å². The van der Waals surface area contributed by atoms with E-state index >= 15 is 0 Å². The van der Waals surface area contributed by atoms with Gasteiger partial charge in [0.05, 0.1) is 11.0 Å². The largest absolute Gasteiger partial charge is 0.380 e. The van der Waals surface area contributed by atoms with Crippen molar-refractivity contribution in [2.75, 3.05) is 26.7 Å². The molecule has 5 nitrogen and oxygen atoms in total. The molecule has 1 atom stereocenters. The van der Waals surface area contributed by atoms with Gasteiger partial charge in [-0.15, -0.1) is 0 Å². The number of sulfonamides is 1. The molecule has 114 valence electrons. The fraction of sp³-hybridized carbons (Fsp3) is 0.571. The Morgan fingerprint density at radius 2 is 1.90 bits per heavy atom. The molecule has 6 heteroatoms. The molecule has 1 rings (SSSR count). The predicted octanol–water partition coefficient (Wildman–Crippen LogP) is 1.15. The van der Waals surface area contributed by atoms with Crippen molar-refractivity contribution in [3.8, 4) is 0 Å². The molecular weight excluding hydrogens is 276 g/mol. The summed E-state index contributed by atoms with van der Waals surface area (Å²) in [6, 6.07) is 6.99. The molecule has 0 heterocycles. The zero-order chi connectivity index (χ0) is 15.0. The Morgan fingerprint density at radius 1 is 1.25 bits per heavy atom. The number of hydrogen-bond acceptors (Lipinski definition) is 4. The van der Waals surface area contributed by atoms with Crippen LogP contribution in [0.2, 0.25) is 0 Å². The van der Waals surface area contributed by atoms with Gasteiger partial charge in [-0.3, -0.25) is 0 Å².